The average molecular weight is 280 g/mol. The minimum Gasteiger partial charge on any atom is -0.497 e. The molecule has 0 saturated heterocycles. The summed E-state index contributed by atoms with van der Waals surface area (Å²) in [7, 11) is 1.72. The summed E-state index contributed by atoms with van der Waals surface area (Å²) in [5.41, 5.74) is 5.30. The molecule has 1 aromatic rings. The third-order valence-electron chi connectivity index (χ3n) is 5.59. The van der Waals surface area contributed by atoms with Crippen molar-refractivity contribution in [2.45, 2.75) is 38.5 Å². The fourth-order valence-electron chi connectivity index (χ4n) is 4.30. The molecule has 2 nitrogen and oxygen atoms in total. The van der Waals surface area contributed by atoms with Gasteiger partial charge in [0.15, 0.2) is 0 Å². The lowest BCUT2D eigenvalue weighted by Gasteiger charge is -2.40. The van der Waals surface area contributed by atoms with Gasteiger partial charge in [-0.25, -0.2) is 0 Å². The Morgan fingerprint density at radius 1 is 1.24 bits per heavy atom. The molecule has 4 rings (SSSR count). The summed E-state index contributed by atoms with van der Waals surface area (Å²) < 4.78 is 5.34. The number of carbonyl (C=O) groups excluding carboxylic acids is 1. The number of fused-ring (bicyclic) bond motifs is 5. The smallest absolute Gasteiger partial charge is 0.146 e. The van der Waals surface area contributed by atoms with Crippen molar-refractivity contribution in [2.75, 3.05) is 7.11 Å². The van der Waals surface area contributed by atoms with Crippen LogP contribution in [0.25, 0.3) is 0 Å². The summed E-state index contributed by atoms with van der Waals surface area (Å²) in [5, 5.41) is 0. The standard InChI is InChI=1S/C19H20O2/c1-19-10-9-15-14-6-4-13(21-2)11-12(14)3-5-16(15)17(19)7-8-18(19)20/h4-7,11,15H,3,8-10H2,1-2H3/t15-,19+/m1/s1. The predicted molar refractivity (Wildman–Crippen MR) is 82.6 cm³/mol. The number of hydrogen-bond donors (Lipinski definition) is 0. The lowest BCUT2D eigenvalue weighted by Crippen LogP contribution is -2.33. The first-order chi connectivity index (χ1) is 10.1. The number of Topliss-reactive ketones (excluding diaryl/α,β-unsaturated/α-hetero) is 1. The fourth-order valence-corrected chi connectivity index (χ4v) is 4.30. The van der Waals surface area contributed by atoms with Crippen LogP contribution in [0.4, 0.5) is 0 Å². The largest absolute Gasteiger partial charge is 0.497 e. The maximum atomic E-state index is 12.2. The van der Waals surface area contributed by atoms with Gasteiger partial charge in [-0.2, -0.15) is 0 Å². The molecule has 0 N–H and O–H groups in total. The topological polar surface area (TPSA) is 26.3 Å². The highest BCUT2D eigenvalue weighted by Crippen LogP contribution is 2.55. The highest BCUT2D eigenvalue weighted by atomic mass is 16.5. The molecule has 0 aromatic heterocycles. The Bertz CT molecular complexity index is 696. The number of allylic oxidation sites excluding steroid dienone is 4. The van der Waals surface area contributed by atoms with E-state index in [-0.39, 0.29) is 5.41 Å². The normalized spacial score (nSPS) is 30.0. The molecular weight excluding hydrogens is 260 g/mol. The molecule has 0 amide bonds. The van der Waals surface area contributed by atoms with E-state index in [9.17, 15) is 4.79 Å². The molecule has 108 valence electrons. The van der Waals surface area contributed by atoms with Gasteiger partial charge in [-0.1, -0.05) is 18.2 Å². The van der Waals surface area contributed by atoms with Gasteiger partial charge in [0.2, 0.25) is 0 Å². The lowest BCUT2D eigenvalue weighted by molar-refractivity contribution is -0.124. The fraction of sp³-hybridized carbons (Fsp3) is 0.421. The molecule has 2 atom stereocenters. The molecule has 0 unspecified atom stereocenters. The van der Waals surface area contributed by atoms with Crippen LogP contribution in [0.5, 0.6) is 5.75 Å². The van der Waals surface area contributed by atoms with Crippen LogP contribution >= 0.6 is 0 Å². The van der Waals surface area contributed by atoms with E-state index in [2.05, 4.69) is 37.3 Å². The van der Waals surface area contributed by atoms with Gasteiger partial charge in [-0.3, -0.25) is 4.79 Å². The SMILES string of the molecule is COc1ccc2c(c1)CC=C1C3=CCC(=O)[C@@]3(C)CC[C@@H]12. The van der Waals surface area contributed by atoms with Crippen molar-refractivity contribution in [2.24, 2.45) is 5.41 Å². The molecule has 0 aliphatic heterocycles. The Hall–Kier alpha value is -1.83. The minimum absolute atomic E-state index is 0.216. The Labute approximate surface area is 125 Å². The lowest BCUT2D eigenvalue weighted by atomic mass is 9.62. The molecule has 0 heterocycles. The zero-order chi connectivity index (χ0) is 14.6. The molecule has 0 spiro atoms. The predicted octanol–water partition coefficient (Wildman–Crippen LogP) is 3.96. The summed E-state index contributed by atoms with van der Waals surface area (Å²) in [6.07, 6.45) is 8.13. The zero-order valence-corrected chi connectivity index (χ0v) is 12.6. The molecule has 1 aromatic carbocycles. The summed E-state index contributed by atoms with van der Waals surface area (Å²) >= 11 is 0. The van der Waals surface area contributed by atoms with Gasteiger partial charge in [0, 0.05) is 12.3 Å². The van der Waals surface area contributed by atoms with Crippen LogP contribution < -0.4 is 4.74 Å². The van der Waals surface area contributed by atoms with Gasteiger partial charge < -0.3 is 4.74 Å². The second-order valence-corrected chi connectivity index (χ2v) is 6.60. The first kappa shape index (κ1) is 12.9. The third kappa shape index (κ3) is 1.68. The number of carbonyl (C=O) groups is 1. The van der Waals surface area contributed by atoms with E-state index in [4.69, 9.17) is 4.74 Å². The van der Waals surface area contributed by atoms with Crippen LogP contribution in [0.1, 0.15) is 43.2 Å². The number of methoxy groups -OCH3 is 1. The van der Waals surface area contributed by atoms with Crippen LogP contribution in [0.3, 0.4) is 0 Å². The van der Waals surface area contributed by atoms with E-state index >= 15 is 0 Å². The Balaban J connectivity index is 1.78. The van der Waals surface area contributed by atoms with Crippen molar-refractivity contribution in [3.63, 3.8) is 0 Å². The maximum Gasteiger partial charge on any atom is 0.146 e. The Kier molecular flexibility index (Phi) is 2.66. The summed E-state index contributed by atoms with van der Waals surface area (Å²) in [6.45, 7) is 2.13. The third-order valence-corrected chi connectivity index (χ3v) is 5.59. The minimum atomic E-state index is -0.216. The summed E-state index contributed by atoms with van der Waals surface area (Å²) in [5.74, 6) is 1.80. The van der Waals surface area contributed by atoms with Crippen LogP contribution in [-0.2, 0) is 11.2 Å². The van der Waals surface area contributed by atoms with E-state index in [1.54, 1.807) is 7.11 Å². The molecule has 3 aliphatic rings. The van der Waals surface area contributed by atoms with Crippen molar-refractivity contribution in [1.82, 2.24) is 0 Å². The van der Waals surface area contributed by atoms with E-state index in [1.807, 2.05) is 0 Å². The Morgan fingerprint density at radius 3 is 2.90 bits per heavy atom. The van der Waals surface area contributed by atoms with E-state index in [0.717, 1.165) is 25.0 Å². The van der Waals surface area contributed by atoms with E-state index < -0.39 is 0 Å². The van der Waals surface area contributed by atoms with E-state index in [0.29, 0.717) is 18.1 Å². The second-order valence-electron chi connectivity index (χ2n) is 6.60. The first-order valence-electron chi connectivity index (χ1n) is 7.74. The van der Waals surface area contributed by atoms with Gasteiger partial charge in [0.1, 0.15) is 11.5 Å². The molecule has 1 fully saturated rings. The van der Waals surface area contributed by atoms with Crippen molar-refractivity contribution >= 4 is 5.78 Å². The monoisotopic (exact) mass is 280 g/mol. The van der Waals surface area contributed by atoms with E-state index in [1.165, 1.54) is 22.3 Å². The second kappa shape index (κ2) is 4.33. The van der Waals surface area contributed by atoms with Gasteiger partial charge in [-0.15, -0.1) is 0 Å². The molecule has 1 saturated carbocycles. The number of ether oxygens (including phenoxy) is 1. The highest BCUT2D eigenvalue weighted by Gasteiger charge is 2.47. The van der Waals surface area contributed by atoms with Crippen LogP contribution in [0.15, 0.2) is 41.5 Å². The summed E-state index contributed by atoms with van der Waals surface area (Å²) in [6, 6.07) is 6.43. The molecule has 21 heavy (non-hydrogen) atoms. The molecule has 0 bridgehead atoms. The van der Waals surface area contributed by atoms with Crippen molar-refractivity contribution in [1.29, 1.82) is 0 Å². The van der Waals surface area contributed by atoms with Crippen molar-refractivity contribution in [3.8, 4) is 5.75 Å². The number of rotatable bonds is 1. The highest BCUT2D eigenvalue weighted by molar-refractivity contribution is 5.94. The van der Waals surface area contributed by atoms with Gasteiger partial charge in [0.05, 0.1) is 12.5 Å². The quantitative estimate of drug-likeness (QED) is 0.778. The number of hydrogen-bond acceptors (Lipinski definition) is 2. The summed E-state index contributed by atoms with van der Waals surface area (Å²) in [4.78, 5) is 12.2. The zero-order valence-electron chi connectivity index (χ0n) is 12.6. The van der Waals surface area contributed by atoms with Crippen LogP contribution in [0.2, 0.25) is 0 Å². The molecule has 0 radical (unpaired) electrons. The van der Waals surface area contributed by atoms with Gasteiger partial charge in [-0.05, 0) is 60.6 Å². The molecular formula is C19H20O2. The molecule has 2 heteroatoms. The van der Waals surface area contributed by atoms with Crippen LogP contribution in [0, 0.1) is 5.41 Å². The number of benzene rings is 1. The van der Waals surface area contributed by atoms with Gasteiger partial charge in [0.25, 0.3) is 0 Å². The Morgan fingerprint density at radius 2 is 2.10 bits per heavy atom. The van der Waals surface area contributed by atoms with Crippen molar-refractivity contribution < 1.29 is 9.53 Å². The molecule has 3 aliphatic carbocycles. The van der Waals surface area contributed by atoms with Crippen molar-refractivity contribution in [3.05, 3.63) is 52.6 Å². The first-order valence-corrected chi connectivity index (χ1v) is 7.74. The average Bonchev–Trinajstić information content (AvgIpc) is 2.82. The number of ketones is 1. The van der Waals surface area contributed by atoms with Gasteiger partial charge >= 0.3 is 0 Å². The maximum absolute atomic E-state index is 12.2. The van der Waals surface area contributed by atoms with Crippen LogP contribution in [-0.4, -0.2) is 12.9 Å².